The molecule has 4 rings (SSSR count). The van der Waals surface area contributed by atoms with Crippen LogP contribution in [0.1, 0.15) is 62.8 Å². The van der Waals surface area contributed by atoms with Gasteiger partial charge in [-0.2, -0.15) is 0 Å². The number of nitrogens with zero attached hydrogens (tertiary/aromatic N) is 1. The number of methoxy groups -OCH3 is 2. The summed E-state index contributed by atoms with van der Waals surface area (Å²) in [6.45, 7) is 6.08. The van der Waals surface area contributed by atoms with Crippen molar-refractivity contribution in [2.24, 2.45) is 4.99 Å². The van der Waals surface area contributed by atoms with Crippen molar-refractivity contribution < 1.29 is 38.4 Å². The normalized spacial score (nSPS) is 17.1. The van der Waals surface area contributed by atoms with Crippen molar-refractivity contribution in [2.75, 3.05) is 34.0 Å². The number of amides is 1. The molecule has 0 unspecified atom stereocenters. The summed E-state index contributed by atoms with van der Waals surface area (Å²) in [5, 5.41) is 9.75. The predicted octanol–water partition coefficient (Wildman–Crippen LogP) is 6.01. The zero-order valence-corrected chi connectivity index (χ0v) is 29.8. The molecule has 0 fully saturated rings. The van der Waals surface area contributed by atoms with Crippen molar-refractivity contribution in [3.63, 3.8) is 0 Å². The SMILES string of the molecule is COc1ccc(CCNNC(=O)[C@@]2(CCC(=O)OC(C)(C)C)N=C(c3ccc(OCCCO)cc3)O[C@H]2c2ccc(Cl)cc2Cl)cc1OC. The summed E-state index contributed by atoms with van der Waals surface area (Å²) >= 11 is 12.9. The number of carbonyl (C=O) groups is 2. The van der Waals surface area contributed by atoms with Gasteiger partial charge in [-0.25, -0.2) is 10.4 Å². The Bertz CT molecular complexity index is 1630. The highest BCUT2D eigenvalue weighted by Crippen LogP contribution is 2.45. The number of aliphatic imine (C=N–C) groups is 1. The van der Waals surface area contributed by atoms with E-state index in [1.165, 1.54) is 0 Å². The Balaban J connectivity index is 1.66. The Morgan fingerprint density at radius 1 is 1.00 bits per heavy atom. The van der Waals surface area contributed by atoms with Gasteiger partial charge in [0.15, 0.2) is 23.1 Å². The molecule has 0 aliphatic carbocycles. The van der Waals surface area contributed by atoms with Crippen LogP contribution in [0.15, 0.2) is 65.7 Å². The van der Waals surface area contributed by atoms with Crippen LogP contribution in [0.4, 0.5) is 0 Å². The van der Waals surface area contributed by atoms with E-state index in [0.717, 1.165) is 5.56 Å². The lowest BCUT2D eigenvalue weighted by atomic mass is 9.83. The average molecular weight is 717 g/mol. The number of hydrogen-bond donors (Lipinski definition) is 3. The molecule has 0 aromatic heterocycles. The van der Waals surface area contributed by atoms with Gasteiger partial charge < -0.3 is 28.8 Å². The lowest BCUT2D eigenvalue weighted by Crippen LogP contribution is -2.53. The fourth-order valence-corrected chi connectivity index (χ4v) is 5.75. The van der Waals surface area contributed by atoms with Gasteiger partial charge in [-0.3, -0.25) is 15.0 Å². The quantitative estimate of drug-likeness (QED) is 0.0925. The molecule has 1 heterocycles. The lowest BCUT2D eigenvalue weighted by Gasteiger charge is -2.31. The van der Waals surface area contributed by atoms with Crippen LogP contribution in [0.3, 0.4) is 0 Å². The average Bonchev–Trinajstić information content (AvgIpc) is 3.45. The molecular weight excluding hydrogens is 673 g/mol. The molecule has 0 bridgehead atoms. The molecular formula is C36H43Cl2N3O8. The summed E-state index contributed by atoms with van der Waals surface area (Å²) in [5.41, 5.74) is 5.46. The van der Waals surface area contributed by atoms with Crippen LogP contribution in [-0.4, -0.2) is 68.0 Å². The third kappa shape index (κ3) is 10.0. The van der Waals surface area contributed by atoms with Crippen molar-refractivity contribution >= 4 is 41.0 Å². The molecule has 49 heavy (non-hydrogen) atoms. The van der Waals surface area contributed by atoms with Gasteiger partial charge in [0.1, 0.15) is 11.4 Å². The van der Waals surface area contributed by atoms with Gasteiger partial charge in [0, 0.05) is 47.2 Å². The molecule has 13 heteroatoms. The van der Waals surface area contributed by atoms with E-state index >= 15 is 0 Å². The molecule has 0 saturated heterocycles. The van der Waals surface area contributed by atoms with Gasteiger partial charge in [0.2, 0.25) is 5.90 Å². The first-order chi connectivity index (χ1) is 23.4. The van der Waals surface area contributed by atoms with Crippen LogP contribution in [0.2, 0.25) is 10.0 Å². The van der Waals surface area contributed by atoms with Crippen LogP contribution in [0.25, 0.3) is 0 Å². The van der Waals surface area contributed by atoms with E-state index in [9.17, 15) is 9.59 Å². The maximum atomic E-state index is 14.3. The molecule has 1 aliphatic rings. The first-order valence-corrected chi connectivity index (χ1v) is 16.7. The van der Waals surface area contributed by atoms with Crippen LogP contribution in [0, 0.1) is 0 Å². The Morgan fingerprint density at radius 2 is 1.73 bits per heavy atom. The highest BCUT2D eigenvalue weighted by molar-refractivity contribution is 6.35. The van der Waals surface area contributed by atoms with Gasteiger partial charge >= 0.3 is 5.97 Å². The molecule has 264 valence electrons. The molecule has 0 radical (unpaired) electrons. The summed E-state index contributed by atoms with van der Waals surface area (Å²) in [6, 6.07) is 17.5. The summed E-state index contributed by atoms with van der Waals surface area (Å²) in [4.78, 5) is 32.2. The van der Waals surface area contributed by atoms with Gasteiger partial charge in [-0.1, -0.05) is 35.3 Å². The van der Waals surface area contributed by atoms with Gasteiger partial charge in [-0.05, 0) is 87.7 Å². The third-order valence-electron chi connectivity index (χ3n) is 7.59. The van der Waals surface area contributed by atoms with E-state index < -0.39 is 29.1 Å². The van der Waals surface area contributed by atoms with Crippen LogP contribution < -0.4 is 25.1 Å². The molecule has 11 nitrogen and oxygen atoms in total. The summed E-state index contributed by atoms with van der Waals surface area (Å²) in [6.07, 6.45) is -0.159. The van der Waals surface area contributed by atoms with Crippen molar-refractivity contribution in [1.82, 2.24) is 10.9 Å². The second-order valence-electron chi connectivity index (χ2n) is 12.4. The second-order valence-corrected chi connectivity index (χ2v) is 13.2. The standard InChI is InChI=1S/C36H43Cl2N3O8/c1-35(2,3)49-31(43)15-17-36(34(44)41-39-18-16-23-7-14-29(45-4)30(21-23)46-5)32(27-13-10-25(37)22-28(27)38)48-33(40-36)24-8-11-26(12-9-24)47-20-6-19-42/h7-14,21-22,32,39,42H,6,15-20H2,1-5H3,(H,41,44)/t32-,36-/m0/s1. The first kappa shape index (κ1) is 37.8. The first-order valence-electron chi connectivity index (χ1n) is 15.9. The fraction of sp³-hybridized carbons (Fsp3) is 0.417. The van der Waals surface area contributed by atoms with Crippen LogP contribution in [-0.2, 0) is 25.5 Å². The lowest BCUT2D eigenvalue weighted by molar-refractivity contribution is -0.155. The minimum Gasteiger partial charge on any atom is -0.494 e. The van der Waals surface area contributed by atoms with E-state index in [-0.39, 0.29) is 30.4 Å². The number of nitrogens with one attached hydrogen (secondary N) is 2. The number of hydrogen-bond acceptors (Lipinski definition) is 10. The largest absolute Gasteiger partial charge is 0.494 e. The molecule has 1 aliphatic heterocycles. The Kier molecular flexibility index (Phi) is 13.2. The smallest absolute Gasteiger partial charge is 0.306 e. The number of halogens is 2. The number of hydrazine groups is 1. The van der Waals surface area contributed by atoms with Gasteiger partial charge in [-0.15, -0.1) is 0 Å². The molecule has 2 atom stereocenters. The third-order valence-corrected chi connectivity index (χ3v) is 8.16. The van der Waals surface area contributed by atoms with Crippen LogP contribution in [0.5, 0.6) is 17.2 Å². The number of benzene rings is 3. The Morgan fingerprint density at radius 3 is 2.39 bits per heavy atom. The minimum absolute atomic E-state index is 0.0237. The number of esters is 1. The highest BCUT2D eigenvalue weighted by Gasteiger charge is 2.54. The molecule has 0 saturated carbocycles. The van der Waals surface area contributed by atoms with E-state index in [4.69, 9.17) is 57.0 Å². The zero-order chi connectivity index (χ0) is 35.6. The molecule has 1 amide bonds. The number of ether oxygens (including phenoxy) is 5. The molecule has 3 N–H and O–H groups in total. The summed E-state index contributed by atoms with van der Waals surface area (Å²) in [7, 11) is 3.14. The summed E-state index contributed by atoms with van der Waals surface area (Å²) in [5.74, 6) is 0.976. The van der Waals surface area contributed by atoms with E-state index in [0.29, 0.717) is 59.4 Å². The predicted molar refractivity (Wildman–Crippen MR) is 188 cm³/mol. The Hall–Kier alpha value is -4.03. The van der Waals surface area contributed by atoms with E-state index in [2.05, 4.69) is 10.9 Å². The topological polar surface area (TPSA) is 137 Å². The fourth-order valence-electron chi connectivity index (χ4n) is 5.24. The van der Waals surface area contributed by atoms with Crippen molar-refractivity contribution in [3.05, 3.63) is 87.4 Å². The van der Waals surface area contributed by atoms with E-state index in [1.807, 2.05) is 18.2 Å². The molecule has 3 aromatic rings. The maximum absolute atomic E-state index is 14.3. The maximum Gasteiger partial charge on any atom is 0.306 e. The zero-order valence-electron chi connectivity index (χ0n) is 28.3. The Labute approximate surface area is 296 Å². The number of rotatable bonds is 16. The van der Waals surface area contributed by atoms with Crippen molar-refractivity contribution in [2.45, 2.75) is 63.7 Å². The monoisotopic (exact) mass is 715 g/mol. The summed E-state index contributed by atoms with van der Waals surface area (Å²) < 4.78 is 28.5. The molecule has 3 aromatic carbocycles. The van der Waals surface area contributed by atoms with Crippen LogP contribution >= 0.6 is 23.2 Å². The van der Waals surface area contributed by atoms with Crippen molar-refractivity contribution in [1.29, 1.82) is 0 Å². The van der Waals surface area contributed by atoms with Crippen molar-refractivity contribution in [3.8, 4) is 17.2 Å². The second kappa shape index (κ2) is 17.1. The van der Waals surface area contributed by atoms with Gasteiger partial charge in [0.05, 0.1) is 20.8 Å². The minimum atomic E-state index is -1.64. The molecule has 0 spiro atoms. The number of aliphatic hydroxyl groups is 1. The number of aliphatic hydroxyl groups excluding tert-OH is 1. The van der Waals surface area contributed by atoms with E-state index in [1.54, 1.807) is 77.5 Å². The van der Waals surface area contributed by atoms with Gasteiger partial charge in [0.25, 0.3) is 5.91 Å². The number of carbonyl (C=O) groups excluding carboxylic acids is 2. The highest BCUT2D eigenvalue weighted by atomic mass is 35.5.